The number of nitrogens with zero attached hydrogens (tertiary/aromatic N) is 2. The van der Waals surface area contributed by atoms with E-state index < -0.39 is 0 Å². The highest BCUT2D eigenvalue weighted by atomic mass is 32.1. The molecular formula is C13H19N3OS. The predicted molar refractivity (Wildman–Crippen MR) is 75.8 cm³/mol. The van der Waals surface area contributed by atoms with Gasteiger partial charge in [-0.2, -0.15) is 0 Å². The summed E-state index contributed by atoms with van der Waals surface area (Å²) in [4.78, 5) is 16.7. The number of nitrogens with two attached hydrogens (primary N) is 1. The van der Waals surface area contributed by atoms with Crippen LogP contribution in [0, 0.1) is 11.8 Å². The highest BCUT2D eigenvalue weighted by molar-refractivity contribution is 7.12. The number of hydrogen-bond acceptors (Lipinski definition) is 4. The van der Waals surface area contributed by atoms with Crippen molar-refractivity contribution in [3.63, 3.8) is 0 Å². The standard InChI is InChI=1S/C13H19N3OS/c1-15(2)8-9-16(3)13(17)12-11(5-4-7-14)6-10-18-12/h6,10H,7-9,14H2,1-3H3. The van der Waals surface area contributed by atoms with Gasteiger partial charge in [0.2, 0.25) is 0 Å². The second-order valence-electron chi connectivity index (χ2n) is 4.20. The van der Waals surface area contributed by atoms with E-state index in [1.54, 1.807) is 4.90 Å². The maximum atomic E-state index is 12.2. The topological polar surface area (TPSA) is 49.6 Å². The fourth-order valence-electron chi connectivity index (χ4n) is 1.34. The molecule has 1 amide bonds. The molecule has 5 heteroatoms. The minimum absolute atomic E-state index is 0.0215. The Morgan fingerprint density at radius 3 is 2.72 bits per heavy atom. The van der Waals surface area contributed by atoms with Gasteiger partial charge < -0.3 is 15.5 Å². The van der Waals surface area contributed by atoms with Crippen LogP contribution in [0.1, 0.15) is 15.2 Å². The van der Waals surface area contributed by atoms with Crippen LogP contribution >= 0.6 is 11.3 Å². The van der Waals surface area contributed by atoms with Gasteiger partial charge in [-0.3, -0.25) is 4.79 Å². The molecule has 0 aliphatic carbocycles. The summed E-state index contributed by atoms with van der Waals surface area (Å²) in [7, 11) is 5.79. The third kappa shape index (κ3) is 4.15. The fourth-order valence-corrected chi connectivity index (χ4v) is 2.19. The molecule has 0 saturated carbocycles. The molecule has 1 heterocycles. The maximum absolute atomic E-state index is 12.2. The molecule has 4 nitrogen and oxygen atoms in total. The van der Waals surface area contributed by atoms with Crippen molar-refractivity contribution >= 4 is 17.2 Å². The van der Waals surface area contributed by atoms with Crippen molar-refractivity contribution < 1.29 is 4.79 Å². The molecule has 2 N–H and O–H groups in total. The first-order valence-corrected chi connectivity index (χ1v) is 6.61. The SMILES string of the molecule is CN(C)CCN(C)C(=O)c1sccc1C#CCN. The van der Waals surface area contributed by atoms with Gasteiger partial charge in [0.1, 0.15) is 4.88 Å². The van der Waals surface area contributed by atoms with E-state index in [1.807, 2.05) is 37.5 Å². The Morgan fingerprint density at radius 2 is 2.11 bits per heavy atom. The Hall–Kier alpha value is -1.35. The van der Waals surface area contributed by atoms with E-state index in [0.717, 1.165) is 12.1 Å². The van der Waals surface area contributed by atoms with E-state index in [0.29, 0.717) is 18.0 Å². The molecule has 1 aromatic heterocycles. The number of carbonyl (C=O) groups is 1. The van der Waals surface area contributed by atoms with E-state index >= 15 is 0 Å². The number of rotatable bonds is 4. The molecule has 1 aromatic rings. The average Bonchev–Trinajstić information content (AvgIpc) is 2.80. The van der Waals surface area contributed by atoms with Crippen LogP contribution in [0.15, 0.2) is 11.4 Å². The lowest BCUT2D eigenvalue weighted by Gasteiger charge is -2.19. The zero-order valence-electron chi connectivity index (χ0n) is 11.1. The molecule has 0 aliphatic heterocycles. The number of likely N-dealkylation sites (N-methyl/N-ethyl adjacent to an activating group) is 2. The Kier molecular flexibility index (Phi) is 5.86. The number of thiophene rings is 1. The van der Waals surface area contributed by atoms with Gasteiger partial charge in [-0.25, -0.2) is 0 Å². The molecule has 0 aromatic carbocycles. The normalized spacial score (nSPS) is 10.1. The number of carbonyl (C=O) groups excluding carboxylic acids is 1. The molecular weight excluding hydrogens is 246 g/mol. The van der Waals surface area contributed by atoms with Crippen LogP contribution in [0.2, 0.25) is 0 Å². The summed E-state index contributed by atoms with van der Waals surface area (Å²) < 4.78 is 0. The molecule has 0 bridgehead atoms. The van der Waals surface area contributed by atoms with Crippen molar-refractivity contribution in [3.8, 4) is 11.8 Å². The van der Waals surface area contributed by atoms with Crippen molar-refractivity contribution in [2.24, 2.45) is 5.73 Å². The van der Waals surface area contributed by atoms with E-state index in [-0.39, 0.29) is 5.91 Å². The van der Waals surface area contributed by atoms with Gasteiger partial charge in [0, 0.05) is 25.7 Å². The van der Waals surface area contributed by atoms with Crippen LogP contribution in [-0.4, -0.2) is 56.5 Å². The molecule has 0 radical (unpaired) electrons. The summed E-state index contributed by atoms with van der Waals surface area (Å²) in [6, 6.07) is 1.86. The van der Waals surface area contributed by atoms with Gasteiger partial charge in [-0.05, 0) is 25.5 Å². The third-order valence-electron chi connectivity index (χ3n) is 2.41. The Balaban J connectivity index is 2.74. The van der Waals surface area contributed by atoms with E-state index in [4.69, 9.17) is 5.73 Å². The Morgan fingerprint density at radius 1 is 1.39 bits per heavy atom. The largest absolute Gasteiger partial charge is 0.340 e. The summed E-state index contributed by atoms with van der Waals surface area (Å²) >= 11 is 1.42. The second-order valence-corrected chi connectivity index (χ2v) is 5.12. The highest BCUT2D eigenvalue weighted by Gasteiger charge is 2.16. The lowest BCUT2D eigenvalue weighted by atomic mass is 10.2. The summed E-state index contributed by atoms with van der Waals surface area (Å²) in [5, 5.41) is 1.88. The van der Waals surface area contributed by atoms with Crippen LogP contribution in [0.25, 0.3) is 0 Å². The van der Waals surface area contributed by atoms with Gasteiger partial charge in [0.25, 0.3) is 5.91 Å². The third-order valence-corrected chi connectivity index (χ3v) is 3.32. The van der Waals surface area contributed by atoms with Crippen molar-refractivity contribution in [2.75, 3.05) is 40.8 Å². The molecule has 18 heavy (non-hydrogen) atoms. The van der Waals surface area contributed by atoms with Crippen molar-refractivity contribution in [1.29, 1.82) is 0 Å². The van der Waals surface area contributed by atoms with Crippen LogP contribution in [0.4, 0.5) is 0 Å². The van der Waals surface area contributed by atoms with E-state index in [9.17, 15) is 4.79 Å². The Bertz CT molecular complexity index is 456. The smallest absolute Gasteiger partial charge is 0.264 e. The van der Waals surface area contributed by atoms with Crippen LogP contribution < -0.4 is 5.73 Å². The summed E-state index contributed by atoms with van der Waals surface area (Å²) in [5.74, 6) is 5.73. The summed E-state index contributed by atoms with van der Waals surface area (Å²) in [6.45, 7) is 1.85. The zero-order chi connectivity index (χ0) is 13.5. The fraction of sp³-hybridized carbons (Fsp3) is 0.462. The van der Waals surface area contributed by atoms with Crippen molar-refractivity contribution in [3.05, 3.63) is 21.9 Å². The van der Waals surface area contributed by atoms with Crippen LogP contribution in [-0.2, 0) is 0 Å². The molecule has 1 rings (SSSR count). The predicted octanol–water partition coefficient (Wildman–Crippen LogP) is 0.692. The first-order valence-electron chi connectivity index (χ1n) is 5.73. The summed E-state index contributed by atoms with van der Waals surface area (Å²) in [5.41, 5.74) is 6.11. The van der Waals surface area contributed by atoms with Crippen molar-refractivity contribution in [1.82, 2.24) is 9.80 Å². The average molecular weight is 265 g/mol. The molecule has 0 unspecified atom stereocenters. The Labute approximate surface area is 112 Å². The molecule has 98 valence electrons. The molecule has 0 spiro atoms. The first kappa shape index (κ1) is 14.7. The first-order chi connectivity index (χ1) is 8.56. The highest BCUT2D eigenvalue weighted by Crippen LogP contribution is 2.17. The molecule has 0 fully saturated rings. The summed E-state index contributed by atoms with van der Waals surface area (Å²) in [6.07, 6.45) is 0. The van der Waals surface area contributed by atoms with Gasteiger partial charge in [0.15, 0.2) is 0 Å². The number of amides is 1. The van der Waals surface area contributed by atoms with E-state index in [1.165, 1.54) is 11.3 Å². The van der Waals surface area contributed by atoms with E-state index in [2.05, 4.69) is 11.8 Å². The lowest BCUT2D eigenvalue weighted by Crippen LogP contribution is -2.33. The zero-order valence-corrected chi connectivity index (χ0v) is 11.9. The van der Waals surface area contributed by atoms with Crippen molar-refractivity contribution in [2.45, 2.75) is 0 Å². The lowest BCUT2D eigenvalue weighted by molar-refractivity contribution is 0.0791. The van der Waals surface area contributed by atoms with Gasteiger partial charge in [-0.15, -0.1) is 11.3 Å². The minimum Gasteiger partial charge on any atom is -0.340 e. The minimum atomic E-state index is 0.0215. The van der Waals surface area contributed by atoms with Gasteiger partial charge in [0.05, 0.1) is 6.54 Å². The molecule has 0 saturated heterocycles. The van der Waals surface area contributed by atoms with Gasteiger partial charge >= 0.3 is 0 Å². The molecule has 0 atom stereocenters. The molecule has 0 aliphatic rings. The van der Waals surface area contributed by atoms with Gasteiger partial charge in [-0.1, -0.05) is 11.8 Å². The van der Waals surface area contributed by atoms with Crippen LogP contribution in [0.3, 0.4) is 0 Å². The maximum Gasteiger partial charge on any atom is 0.264 e. The quantitative estimate of drug-likeness (QED) is 0.815. The number of hydrogen-bond donors (Lipinski definition) is 1. The van der Waals surface area contributed by atoms with Crippen LogP contribution in [0.5, 0.6) is 0 Å². The monoisotopic (exact) mass is 265 g/mol. The second kappa shape index (κ2) is 7.17.